The molecular weight excluding hydrogens is 226 g/mol. The molecule has 1 fully saturated rings. The second-order valence-corrected chi connectivity index (χ2v) is 4.10. The van der Waals surface area contributed by atoms with Crippen LogP contribution in [0.15, 0.2) is 12.9 Å². The van der Waals surface area contributed by atoms with Crippen molar-refractivity contribution in [1.29, 1.82) is 0 Å². The smallest absolute Gasteiger partial charge is 0.226 e. The summed E-state index contributed by atoms with van der Waals surface area (Å²) in [5, 5.41) is 3.51. The van der Waals surface area contributed by atoms with Gasteiger partial charge in [0, 0.05) is 12.2 Å². The molecule has 5 nitrogen and oxygen atoms in total. The molecule has 2 heterocycles. The quantitative estimate of drug-likeness (QED) is 0.829. The second kappa shape index (κ2) is 3.45. The van der Waals surface area contributed by atoms with Crippen molar-refractivity contribution in [1.82, 2.24) is 19.5 Å². The van der Waals surface area contributed by atoms with E-state index in [9.17, 15) is 0 Å². The van der Waals surface area contributed by atoms with Gasteiger partial charge < -0.3 is 5.32 Å². The molecule has 16 heavy (non-hydrogen) atoms. The molecule has 2 aromatic heterocycles. The monoisotopic (exact) mass is 235 g/mol. The van der Waals surface area contributed by atoms with Crippen molar-refractivity contribution in [3.8, 4) is 0 Å². The van der Waals surface area contributed by atoms with E-state index in [1.165, 1.54) is 12.8 Å². The largest absolute Gasteiger partial charge is 0.365 e. The van der Waals surface area contributed by atoms with Gasteiger partial charge in [-0.25, -0.2) is 4.98 Å². The highest BCUT2D eigenvalue weighted by Crippen LogP contribution is 2.28. The van der Waals surface area contributed by atoms with Crippen molar-refractivity contribution in [2.24, 2.45) is 0 Å². The lowest BCUT2D eigenvalue weighted by Gasteiger charge is -2.04. The van der Waals surface area contributed by atoms with Gasteiger partial charge in [-0.3, -0.25) is 4.57 Å². The van der Waals surface area contributed by atoms with Gasteiger partial charge in [0.1, 0.15) is 6.33 Å². The number of anilines is 1. The van der Waals surface area contributed by atoms with E-state index < -0.39 is 0 Å². The summed E-state index contributed by atoms with van der Waals surface area (Å²) in [4.78, 5) is 12.6. The van der Waals surface area contributed by atoms with E-state index in [2.05, 4.69) is 26.8 Å². The van der Waals surface area contributed by atoms with Crippen LogP contribution >= 0.6 is 11.6 Å². The van der Waals surface area contributed by atoms with Crippen LogP contribution in [0, 0.1) is 0 Å². The molecule has 0 aromatic carbocycles. The molecule has 0 bridgehead atoms. The van der Waals surface area contributed by atoms with Crippen LogP contribution in [0.4, 0.5) is 5.82 Å². The Morgan fingerprint density at radius 1 is 1.50 bits per heavy atom. The molecule has 0 unspecified atom stereocenters. The van der Waals surface area contributed by atoms with Gasteiger partial charge in [-0.2, -0.15) is 9.97 Å². The van der Waals surface area contributed by atoms with E-state index in [-0.39, 0.29) is 5.28 Å². The molecule has 0 radical (unpaired) electrons. The SMILES string of the molecule is C=Cn1cnc2c(NC3CC3)nc(Cl)nc21. The molecule has 2 aromatic rings. The summed E-state index contributed by atoms with van der Waals surface area (Å²) in [5.41, 5.74) is 1.41. The van der Waals surface area contributed by atoms with Crippen LogP contribution in [0.5, 0.6) is 0 Å². The van der Waals surface area contributed by atoms with E-state index in [1.54, 1.807) is 17.1 Å². The van der Waals surface area contributed by atoms with E-state index in [0.717, 1.165) is 5.52 Å². The molecule has 3 rings (SSSR count). The topological polar surface area (TPSA) is 55.6 Å². The first kappa shape index (κ1) is 9.59. The number of fused-ring (bicyclic) bond motifs is 1. The zero-order valence-electron chi connectivity index (χ0n) is 8.52. The number of halogens is 1. The van der Waals surface area contributed by atoms with Crippen LogP contribution in [0.1, 0.15) is 12.8 Å². The Labute approximate surface area is 97.2 Å². The first-order chi connectivity index (χ1) is 7.78. The van der Waals surface area contributed by atoms with Crippen molar-refractivity contribution in [3.63, 3.8) is 0 Å². The van der Waals surface area contributed by atoms with E-state index in [4.69, 9.17) is 11.6 Å². The third-order valence-electron chi connectivity index (χ3n) is 2.51. The minimum Gasteiger partial charge on any atom is -0.365 e. The van der Waals surface area contributed by atoms with Crippen LogP contribution in [-0.2, 0) is 0 Å². The minimum atomic E-state index is 0.222. The fourth-order valence-corrected chi connectivity index (χ4v) is 1.71. The normalized spacial score (nSPS) is 15.3. The molecule has 0 amide bonds. The lowest BCUT2D eigenvalue weighted by atomic mass is 10.4. The maximum Gasteiger partial charge on any atom is 0.226 e. The number of nitrogens with zero attached hydrogens (tertiary/aromatic N) is 4. The third kappa shape index (κ3) is 1.53. The number of nitrogens with one attached hydrogen (secondary N) is 1. The molecule has 0 saturated heterocycles. The van der Waals surface area contributed by atoms with Crippen LogP contribution in [-0.4, -0.2) is 25.6 Å². The predicted molar refractivity (Wildman–Crippen MR) is 63.4 cm³/mol. The van der Waals surface area contributed by atoms with Crippen LogP contribution < -0.4 is 5.32 Å². The number of rotatable bonds is 3. The second-order valence-electron chi connectivity index (χ2n) is 3.77. The third-order valence-corrected chi connectivity index (χ3v) is 2.68. The lowest BCUT2D eigenvalue weighted by molar-refractivity contribution is 1.09. The Hall–Kier alpha value is -1.62. The Morgan fingerprint density at radius 2 is 2.31 bits per heavy atom. The van der Waals surface area contributed by atoms with Gasteiger partial charge in [-0.05, 0) is 24.4 Å². The van der Waals surface area contributed by atoms with Crippen molar-refractivity contribution in [2.75, 3.05) is 5.32 Å². The zero-order valence-corrected chi connectivity index (χ0v) is 9.28. The molecule has 0 atom stereocenters. The summed E-state index contributed by atoms with van der Waals surface area (Å²) in [6, 6.07) is 0.503. The van der Waals surface area contributed by atoms with Gasteiger partial charge in [0.25, 0.3) is 0 Å². The molecule has 0 aliphatic heterocycles. The molecule has 1 aliphatic rings. The highest BCUT2D eigenvalue weighted by atomic mass is 35.5. The van der Waals surface area contributed by atoms with Crippen molar-refractivity contribution < 1.29 is 0 Å². The standard InChI is InChI=1S/C10H10ClN5/c1-2-16-5-12-7-8(13-6-3-4-6)14-10(11)15-9(7)16/h2,5-6H,1,3-4H2,(H,13,14,15). The summed E-state index contributed by atoms with van der Waals surface area (Å²) in [7, 11) is 0. The van der Waals surface area contributed by atoms with Gasteiger partial charge in [0.15, 0.2) is 17.0 Å². The average Bonchev–Trinajstić information content (AvgIpc) is 2.96. The number of imidazole rings is 1. The number of hydrogen-bond acceptors (Lipinski definition) is 4. The fraction of sp³-hybridized carbons (Fsp3) is 0.300. The van der Waals surface area contributed by atoms with Crippen LogP contribution in [0.25, 0.3) is 17.4 Å². The van der Waals surface area contributed by atoms with Gasteiger partial charge in [-0.1, -0.05) is 6.58 Å². The fourth-order valence-electron chi connectivity index (χ4n) is 1.55. The van der Waals surface area contributed by atoms with Gasteiger partial charge >= 0.3 is 0 Å². The number of aromatic nitrogens is 4. The first-order valence-corrected chi connectivity index (χ1v) is 5.45. The minimum absolute atomic E-state index is 0.222. The Balaban J connectivity index is 2.17. The van der Waals surface area contributed by atoms with E-state index in [1.807, 2.05) is 0 Å². The van der Waals surface area contributed by atoms with Crippen molar-refractivity contribution in [3.05, 3.63) is 18.2 Å². The summed E-state index contributed by atoms with van der Waals surface area (Å²) in [5.74, 6) is 0.707. The van der Waals surface area contributed by atoms with Crippen molar-refractivity contribution >= 4 is 34.8 Å². The molecule has 6 heteroatoms. The highest BCUT2D eigenvalue weighted by Gasteiger charge is 2.23. The van der Waals surface area contributed by atoms with Crippen LogP contribution in [0.2, 0.25) is 5.28 Å². The van der Waals surface area contributed by atoms with E-state index in [0.29, 0.717) is 17.5 Å². The van der Waals surface area contributed by atoms with Gasteiger partial charge in [0.05, 0.1) is 0 Å². The maximum atomic E-state index is 5.88. The molecule has 82 valence electrons. The highest BCUT2D eigenvalue weighted by molar-refractivity contribution is 6.28. The summed E-state index contributed by atoms with van der Waals surface area (Å²) < 4.78 is 1.72. The molecular formula is C10H10ClN5. The Morgan fingerprint density at radius 3 is 3.00 bits per heavy atom. The average molecular weight is 236 g/mol. The first-order valence-electron chi connectivity index (χ1n) is 5.07. The Kier molecular flexibility index (Phi) is 2.07. The summed E-state index contributed by atoms with van der Waals surface area (Å²) in [6.07, 6.45) is 5.64. The molecule has 0 spiro atoms. The molecule has 1 N–H and O–H groups in total. The maximum absolute atomic E-state index is 5.88. The predicted octanol–water partition coefficient (Wildman–Crippen LogP) is 2.15. The zero-order chi connectivity index (χ0) is 11.1. The summed E-state index contributed by atoms with van der Waals surface area (Å²) >= 11 is 5.88. The van der Waals surface area contributed by atoms with Gasteiger partial charge in [0.2, 0.25) is 5.28 Å². The van der Waals surface area contributed by atoms with E-state index >= 15 is 0 Å². The van der Waals surface area contributed by atoms with Crippen molar-refractivity contribution in [2.45, 2.75) is 18.9 Å². The number of hydrogen-bond donors (Lipinski definition) is 1. The Bertz CT molecular complexity index is 558. The lowest BCUT2D eigenvalue weighted by Crippen LogP contribution is -2.05. The van der Waals surface area contributed by atoms with Crippen LogP contribution in [0.3, 0.4) is 0 Å². The molecule has 1 aliphatic carbocycles. The van der Waals surface area contributed by atoms with Gasteiger partial charge in [-0.15, -0.1) is 0 Å². The summed E-state index contributed by atoms with van der Waals surface area (Å²) in [6.45, 7) is 3.68. The molecule has 1 saturated carbocycles.